The summed E-state index contributed by atoms with van der Waals surface area (Å²) in [4.78, 5) is 26.3. The number of alkyl halides is 1. The Morgan fingerprint density at radius 1 is 1.15 bits per heavy atom. The van der Waals surface area contributed by atoms with Crippen LogP contribution in [0.5, 0.6) is 0 Å². The van der Waals surface area contributed by atoms with Gasteiger partial charge in [0.1, 0.15) is 6.17 Å². The van der Waals surface area contributed by atoms with Crippen molar-refractivity contribution < 1.29 is 19.1 Å². The average molecular weight is 360 g/mol. The van der Waals surface area contributed by atoms with Gasteiger partial charge in [-0.05, 0) is 37.3 Å². The van der Waals surface area contributed by atoms with E-state index in [4.69, 9.17) is 0 Å². The zero-order chi connectivity index (χ0) is 18.5. The topological polar surface area (TPSA) is 69.6 Å². The van der Waals surface area contributed by atoms with Crippen LogP contribution in [0.3, 0.4) is 0 Å². The molecule has 1 aliphatic heterocycles. The Labute approximate surface area is 152 Å². The van der Waals surface area contributed by atoms with Crippen molar-refractivity contribution in [2.45, 2.75) is 44.0 Å². The number of benzene rings is 1. The van der Waals surface area contributed by atoms with Crippen LogP contribution in [0.2, 0.25) is 0 Å². The molecular weight excluding hydrogens is 335 g/mol. The molecule has 1 aromatic carbocycles. The van der Waals surface area contributed by atoms with E-state index in [1.165, 1.54) is 6.08 Å². The second-order valence-corrected chi connectivity index (χ2v) is 7.09. The number of aliphatic hydroxyl groups excluding tert-OH is 1. The lowest BCUT2D eigenvalue weighted by Crippen LogP contribution is -2.42. The van der Waals surface area contributed by atoms with Crippen LogP contribution < -0.4 is 5.32 Å². The molecule has 3 atom stereocenters. The first-order valence-electron chi connectivity index (χ1n) is 9.17. The number of piperidine rings is 1. The normalized spacial score (nSPS) is 27.0. The maximum absolute atomic E-state index is 13.2. The van der Waals surface area contributed by atoms with Crippen molar-refractivity contribution in [2.75, 3.05) is 13.1 Å². The molecule has 0 bridgehead atoms. The molecule has 1 aliphatic carbocycles. The number of nitrogens with zero attached hydrogens (tertiary/aromatic N) is 1. The van der Waals surface area contributed by atoms with Gasteiger partial charge in [-0.25, -0.2) is 4.39 Å². The summed E-state index contributed by atoms with van der Waals surface area (Å²) in [5.74, 6) is -0.638. The van der Waals surface area contributed by atoms with Gasteiger partial charge in [0.2, 0.25) is 11.8 Å². The molecule has 1 aromatic rings. The first-order chi connectivity index (χ1) is 12.5. The second kappa shape index (κ2) is 8.45. The molecule has 2 N–H and O–H groups in total. The number of amides is 2. The van der Waals surface area contributed by atoms with Crippen LogP contribution in [0.25, 0.3) is 6.08 Å². The number of likely N-dealkylation sites (tertiary alicyclic amines) is 1. The van der Waals surface area contributed by atoms with Gasteiger partial charge in [-0.3, -0.25) is 9.59 Å². The Balaban J connectivity index is 1.51. The molecule has 0 aromatic heterocycles. The number of halogens is 1. The summed E-state index contributed by atoms with van der Waals surface area (Å²) >= 11 is 0. The molecule has 2 aliphatic rings. The van der Waals surface area contributed by atoms with Crippen LogP contribution in [0.1, 0.15) is 31.2 Å². The monoisotopic (exact) mass is 360 g/mol. The summed E-state index contributed by atoms with van der Waals surface area (Å²) < 4.78 is 13.2. The molecule has 0 unspecified atom stereocenters. The molecule has 3 rings (SSSR count). The highest BCUT2D eigenvalue weighted by Crippen LogP contribution is 2.29. The highest BCUT2D eigenvalue weighted by Gasteiger charge is 2.39. The summed E-state index contributed by atoms with van der Waals surface area (Å²) in [5, 5.41) is 13.0. The molecule has 1 saturated heterocycles. The quantitative estimate of drug-likeness (QED) is 0.806. The van der Waals surface area contributed by atoms with Crippen LogP contribution in [0.4, 0.5) is 4.39 Å². The van der Waals surface area contributed by atoms with Gasteiger partial charge in [-0.2, -0.15) is 0 Å². The summed E-state index contributed by atoms with van der Waals surface area (Å²) in [7, 11) is 0. The summed E-state index contributed by atoms with van der Waals surface area (Å²) in [6.45, 7) is 0.868. The van der Waals surface area contributed by atoms with Gasteiger partial charge in [-0.15, -0.1) is 0 Å². The van der Waals surface area contributed by atoms with Gasteiger partial charge in [0.15, 0.2) is 0 Å². The third-order valence-electron chi connectivity index (χ3n) is 5.17. The fourth-order valence-electron chi connectivity index (χ4n) is 3.67. The zero-order valence-corrected chi connectivity index (χ0v) is 14.7. The van der Waals surface area contributed by atoms with Gasteiger partial charge in [0.25, 0.3) is 0 Å². The molecule has 0 radical (unpaired) electrons. The number of carbonyl (C=O) groups is 2. The molecule has 5 nitrogen and oxygen atoms in total. The van der Waals surface area contributed by atoms with Crippen LogP contribution >= 0.6 is 0 Å². The Bertz CT molecular complexity index is 656. The fraction of sp³-hybridized carbons (Fsp3) is 0.500. The van der Waals surface area contributed by atoms with Crippen molar-refractivity contribution in [2.24, 2.45) is 5.92 Å². The van der Waals surface area contributed by atoms with Crippen molar-refractivity contribution in [1.29, 1.82) is 0 Å². The summed E-state index contributed by atoms with van der Waals surface area (Å²) in [6, 6.07) is 9.03. The minimum absolute atomic E-state index is 0.0347. The molecule has 26 heavy (non-hydrogen) atoms. The van der Waals surface area contributed by atoms with Crippen LogP contribution in [0, 0.1) is 5.92 Å². The number of carbonyl (C=O) groups excluding carboxylic acids is 2. The molecule has 6 heteroatoms. The first-order valence-corrected chi connectivity index (χ1v) is 9.17. The van der Waals surface area contributed by atoms with E-state index in [1.54, 1.807) is 11.0 Å². The van der Waals surface area contributed by atoms with Crippen molar-refractivity contribution in [3.63, 3.8) is 0 Å². The predicted molar refractivity (Wildman–Crippen MR) is 96.8 cm³/mol. The maximum Gasteiger partial charge on any atom is 0.244 e. The lowest BCUT2D eigenvalue weighted by molar-refractivity contribution is -0.137. The van der Waals surface area contributed by atoms with E-state index in [9.17, 15) is 19.1 Å². The molecule has 140 valence electrons. The number of hydrogen-bond donors (Lipinski definition) is 2. The highest BCUT2D eigenvalue weighted by molar-refractivity contribution is 5.92. The lowest BCUT2D eigenvalue weighted by atomic mass is 10.0. The smallest absolute Gasteiger partial charge is 0.244 e. The van der Waals surface area contributed by atoms with E-state index in [2.05, 4.69) is 5.32 Å². The van der Waals surface area contributed by atoms with E-state index in [0.29, 0.717) is 38.8 Å². The van der Waals surface area contributed by atoms with Crippen molar-refractivity contribution in [3.05, 3.63) is 42.0 Å². The van der Waals surface area contributed by atoms with Crippen LogP contribution in [-0.2, 0) is 9.59 Å². The number of hydrogen-bond acceptors (Lipinski definition) is 3. The number of aliphatic hydroxyl groups is 1. The standard InChI is InChI=1S/C20H25FN2O3/c21-16-8-10-23(11-9-16)20(26)15-12-17(18(24)13-15)22-19(25)7-6-14-4-2-1-3-5-14/h1-7,15-18,24H,8-13H2,(H,22,25)/t15-,17-,18-/m0/s1. The predicted octanol–water partition coefficient (Wildman–Crippen LogP) is 1.92. The average Bonchev–Trinajstić information content (AvgIpc) is 3.01. The summed E-state index contributed by atoms with van der Waals surface area (Å²) in [6.07, 6.45) is 3.09. The minimum Gasteiger partial charge on any atom is -0.391 e. The highest BCUT2D eigenvalue weighted by atomic mass is 19.1. The van der Waals surface area contributed by atoms with E-state index >= 15 is 0 Å². The van der Waals surface area contributed by atoms with Crippen LogP contribution in [0.15, 0.2) is 36.4 Å². The van der Waals surface area contributed by atoms with Crippen molar-refractivity contribution in [1.82, 2.24) is 10.2 Å². The third-order valence-corrected chi connectivity index (χ3v) is 5.17. The first kappa shape index (κ1) is 18.6. The Kier molecular flexibility index (Phi) is 6.04. The molecule has 0 spiro atoms. The fourth-order valence-corrected chi connectivity index (χ4v) is 3.67. The molecule has 2 fully saturated rings. The van der Waals surface area contributed by atoms with E-state index in [1.807, 2.05) is 30.3 Å². The minimum atomic E-state index is -0.823. The Morgan fingerprint density at radius 2 is 1.85 bits per heavy atom. The maximum atomic E-state index is 13.2. The summed E-state index contributed by atoms with van der Waals surface area (Å²) in [5.41, 5.74) is 0.916. The Hall–Kier alpha value is -2.21. The van der Waals surface area contributed by atoms with E-state index in [0.717, 1.165) is 5.56 Å². The van der Waals surface area contributed by atoms with Gasteiger partial charge >= 0.3 is 0 Å². The van der Waals surface area contributed by atoms with Gasteiger partial charge in [0, 0.05) is 25.1 Å². The SMILES string of the molecule is O=C(C=Cc1ccccc1)N[C@H]1C[C@H](C(=O)N2CCC(F)CC2)C[C@@H]1O. The third kappa shape index (κ3) is 4.69. The molecular formula is C20H25FN2O3. The van der Waals surface area contributed by atoms with Crippen molar-refractivity contribution in [3.8, 4) is 0 Å². The van der Waals surface area contributed by atoms with E-state index in [-0.39, 0.29) is 17.7 Å². The molecule has 1 heterocycles. The zero-order valence-electron chi connectivity index (χ0n) is 14.7. The Morgan fingerprint density at radius 3 is 2.54 bits per heavy atom. The molecule has 2 amide bonds. The lowest BCUT2D eigenvalue weighted by Gasteiger charge is -2.30. The van der Waals surface area contributed by atoms with Gasteiger partial charge in [0.05, 0.1) is 12.1 Å². The number of nitrogens with one attached hydrogen (secondary N) is 1. The largest absolute Gasteiger partial charge is 0.391 e. The second-order valence-electron chi connectivity index (χ2n) is 7.09. The van der Waals surface area contributed by atoms with Gasteiger partial charge < -0.3 is 15.3 Å². The van der Waals surface area contributed by atoms with Crippen molar-refractivity contribution >= 4 is 17.9 Å². The van der Waals surface area contributed by atoms with E-state index < -0.39 is 18.3 Å². The van der Waals surface area contributed by atoms with Crippen LogP contribution in [-0.4, -0.2) is 53.2 Å². The molecule has 1 saturated carbocycles. The number of rotatable bonds is 4. The van der Waals surface area contributed by atoms with Gasteiger partial charge in [-0.1, -0.05) is 30.3 Å².